The Morgan fingerprint density at radius 3 is 2.83 bits per heavy atom. The second-order valence-electron chi connectivity index (χ2n) is 4.81. The third-order valence-electron chi connectivity index (χ3n) is 3.22. The third kappa shape index (κ3) is 3.22. The van der Waals surface area contributed by atoms with Crippen LogP contribution in [-0.2, 0) is 0 Å². The van der Waals surface area contributed by atoms with Crippen LogP contribution in [0, 0.1) is 10.1 Å². The Kier molecular flexibility index (Phi) is 4.09. The number of furan rings is 1. The normalized spacial score (nSPS) is 12.2. The lowest BCUT2D eigenvalue weighted by atomic mass is 10.2. The smallest absolute Gasteiger partial charge is 0.395 e. The molecule has 8 heteroatoms. The van der Waals surface area contributed by atoms with Gasteiger partial charge < -0.3 is 14.8 Å². The fourth-order valence-corrected chi connectivity index (χ4v) is 3.14. The van der Waals surface area contributed by atoms with Gasteiger partial charge in [0.15, 0.2) is 5.76 Å². The first-order chi connectivity index (χ1) is 11.0. The van der Waals surface area contributed by atoms with Crippen molar-refractivity contribution in [1.29, 1.82) is 0 Å². The van der Waals surface area contributed by atoms with Crippen molar-refractivity contribution in [2.24, 2.45) is 0 Å². The lowest BCUT2D eigenvalue weighted by Gasteiger charge is -2.08. The fraction of sp³-hybridized carbons (Fsp3) is 0.133. The van der Waals surface area contributed by atoms with Gasteiger partial charge in [-0.2, -0.15) is 0 Å². The molecule has 7 nitrogen and oxygen atoms in total. The zero-order valence-corrected chi connectivity index (χ0v) is 12.6. The molecule has 23 heavy (non-hydrogen) atoms. The molecule has 3 aromatic rings. The van der Waals surface area contributed by atoms with Crippen LogP contribution in [0.15, 0.2) is 46.9 Å². The first-order valence-corrected chi connectivity index (χ1v) is 7.55. The summed E-state index contributed by atoms with van der Waals surface area (Å²) >= 11 is 1.45. The molecule has 0 radical (unpaired) electrons. The highest BCUT2D eigenvalue weighted by molar-refractivity contribution is 7.19. The molecule has 0 saturated carbocycles. The predicted molar refractivity (Wildman–Crippen MR) is 84.5 cm³/mol. The molecule has 1 atom stereocenters. The van der Waals surface area contributed by atoms with E-state index >= 15 is 0 Å². The van der Waals surface area contributed by atoms with Gasteiger partial charge in [0.25, 0.3) is 5.91 Å². The van der Waals surface area contributed by atoms with Crippen molar-refractivity contribution < 1.29 is 19.2 Å². The van der Waals surface area contributed by atoms with Gasteiger partial charge in [0.2, 0.25) is 0 Å². The molecule has 1 amide bonds. The second-order valence-corrected chi connectivity index (χ2v) is 5.92. The van der Waals surface area contributed by atoms with Gasteiger partial charge in [0, 0.05) is 16.1 Å². The molecule has 0 aliphatic heterocycles. The molecule has 0 aliphatic carbocycles. The van der Waals surface area contributed by atoms with E-state index in [-0.39, 0.29) is 12.3 Å². The molecular formula is C15H12N2O5S. The average Bonchev–Trinajstić information content (AvgIpc) is 3.18. The highest BCUT2D eigenvalue weighted by Gasteiger charge is 2.19. The molecule has 2 heterocycles. The second kappa shape index (κ2) is 6.19. The molecule has 0 saturated heterocycles. The summed E-state index contributed by atoms with van der Waals surface area (Å²) in [5, 5.41) is 24.2. The van der Waals surface area contributed by atoms with Crippen LogP contribution in [0.1, 0.15) is 21.5 Å². The van der Waals surface area contributed by atoms with Gasteiger partial charge in [-0.3, -0.25) is 14.9 Å². The maximum Gasteiger partial charge on any atom is 0.433 e. The Hall–Kier alpha value is -2.71. The Labute approximate surface area is 134 Å². The molecule has 3 rings (SSSR count). The van der Waals surface area contributed by atoms with Gasteiger partial charge in [-0.25, -0.2) is 0 Å². The summed E-state index contributed by atoms with van der Waals surface area (Å²) in [5.74, 6) is -1.28. The topological polar surface area (TPSA) is 106 Å². The summed E-state index contributed by atoms with van der Waals surface area (Å²) in [5.41, 5.74) is 0. The number of nitro groups is 1. The lowest BCUT2D eigenvalue weighted by molar-refractivity contribution is -0.402. The number of nitrogens with zero attached hydrogens (tertiary/aromatic N) is 1. The number of rotatable bonds is 5. The minimum Gasteiger partial charge on any atom is -0.395 e. The third-order valence-corrected chi connectivity index (χ3v) is 4.44. The summed E-state index contributed by atoms with van der Waals surface area (Å²) in [6, 6.07) is 11.9. The number of aliphatic hydroxyl groups excluding tert-OH is 1. The molecule has 2 N–H and O–H groups in total. The van der Waals surface area contributed by atoms with Gasteiger partial charge in [0.1, 0.15) is 11.0 Å². The van der Waals surface area contributed by atoms with Crippen LogP contribution >= 0.6 is 11.3 Å². The van der Waals surface area contributed by atoms with Gasteiger partial charge in [-0.05, 0) is 23.6 Å². The van der Waals surface area contributed by atoms with E-state index in [4.69, 9.17) is 4.42 Å². The van der Waals surface area contributed by atoms with Gasteiger partial charge >= 0.3 is 5.88 Å². The summed E-state index contributed by atoms with van der Waals surface area (Å²) in [6.07, 6.45) is -0.860. The predicted octanol–water partition coefficient (Wildman–Crippen LogP) is 2.87. The van der Waals surface area contributed by atoms with E-state index in [1.165, 1.54) is 17.4 Å². The Balaban J connectivity index is 1.64. The number of thiophene rings is 1. The summed E-state index contributed by atoms with van der Waals surface area (Å²) in [4.78, 5) is 22.4. The molecule has 0 spiro atoms. The van der Waals surface area contributed by atoms with E-state index in [9.17, 15) is 20.0 Å². The molecule has 0 aliphatic rings. The standard InChI is InChI=1S/C15H12N2O5S/c18-10(13-7-9-3-1-2-4-12(9)23-13)8-16-15(19)11-5-6-14(22-11)17(20)21/h1-7,10,18H,8H2,(H,16,19)/t10-/m0/s1. The Morgan fingerprint density at radius 2 is 2.13 bits per heavy atom. The van der Waals surface area contributed by atoms with Crippen LogP contribution in [0.5, 0.6) is 0 Å². The number of amides is 1. The van der Waals surface area contributed by atoms with Crippen LogP contribution in [0.3, 0.4) is 0 Å². The number of aliphatic hydroxyl groups is 1. The number of carbonyl (C=O) groups excluding carboxylic acids is 1. The van der Waals surface area contributed by atoms with E-state index in [0.29, 0.717) is 0 Å². The van der Waals surface area contributed by atoms with Crippen molar-refractivity contribution in [3.05, 3.63) is 63.2 Å². The summed E-state index contributed by atoms with van der Waals surface area (Å²) in [7, 11) is 0. The number of carbonyl (C=O) groups is 1. The first-order valence-electron chi connectivity index (χ1n) is 6.73. The largest absolute Gasteiger partial charge is 0.433 e. The Bertz CT molecular complexity index is 837. The van der Waals surface area contributed by atoms with Gasteiger partial charge in [0.05, 0.1) is 6.07 Å². The maximum absolute atomic E-state index is 11.9. The van der Waals surface area contributed by atoms with E-state index in [1.54, 1.807) is 0 Å². The first kappa shape index (κ1) is 15.2. The minimum atomic E-state index is -0.860. The van der Waals surface area contributed by atoms with E-state index < -0.39 is 22.8 Å². The average molecular weight is 332 g/mol. The van der Waals surface area contributed by atoms with Crippen molar-refractivity contribution in [1.82, 2.24) is 5.32 Å². The monoisotopic (exact) mass is 332 g/mol. The maximum atomic E-state index is 11.9. The van der Waals surface area contributed by atoms with Crippen LogP contribution in [0.4, 0.5) is 5.88 Å². The lowest BCUT2D eigenvalue weighted by Crippen LogP contribution is -2.27. The fourth-order valence-electron chi connectivity index (χ4n) is 2.09. The van der Waals surface area contributed by atoms with Gasteiger partial charge in [-0.15, -0.1) is 11.3 Å². The zero-order valence-electron chi connectivity index (χ0n) is 11.8. The van der Waals surface area contributed by atoms with Crippen molar-refractivity contribution >= 4 is 33.2 Å². The summed E-state index contributed by atoms with van der Waals surface area (Å²) < 4.78 is 5.85. The molecular weight excluding hydrogens is 320 g/mol. The van der Waals surface area contributed by atoms with Gasteiger partial charge in [-0.1, -0.05) is 18.2 Å². The molecule has 118 valence electrons. The number of hydrogen-bond donors (Lipinski definition) is 2. The van der Waals surface area contributed by atoms with E-state index in [1.807, 2.05) is 30.3 Å². The highest BCUT2D eigenvalue weighted by Crippen LogP contribution is 2.29. The molecule has 0 fully saturated rings. The SMILES string of the molecule is O=C(NC[C@H](O)c1cc2ccccc2s1)c1ccc([N+](=O)[O-])o1. The van der Waals surface area contributed by atoms with Crippen molar-refractivity contribution in [2.75, 3.05) is 6.54 Å². The number of nitrogens with one attached hydrogen (secondary N) is 1. The number of fused-ring (bicyclic) bond motifs is 1. The number of hydrogen-bond acceptors (Lipinski definition) is 6. The van der Waals surface area contributed by atoms with Crippen LogP contribution in [0.2, 0.25) is 0 Å². The van der Waals surface area contributed by atoms with Crippen molar-refractivity contribution in [3.8, 4) is 0 Å². The van der Waals surface area contributed by atoms with E-state index in [0.717, 1.165) is 21.0 Å². The van der Waals surface area contributed by atoms with Crippen molar-refractivity contribution in [3.63, 3.8) is 0 Å². The molecule has 2 aromatic heterocycles. The molecule has 1 aromatic carbocycles. The highest BCUT2D eigenvalue weighted by atomic mass is 32.1. The van der Waals surface area contributed by atoms with Crippen LogP contribution in [-0.4, -0.2) is 22.5 Å². The van der Waals surface area contributed by atoms with Crippen LogP contribution in [0.25, 0.3) is 10.1 Å². The minimum absolute atomic E-state index is 0.0137. The van der Waals surface area contributed by atoms with Crippen LogP contribution < -0.4 is 5.32 Å². The van der Waals surface area contributed by atoms with E-state index in [2.05, 4.69) is 5.32 Å². The molecule has 0 unspecified atom stereocenters. The number of benzene rings is 1. The molecule has 0 bridgehead atoms. The quantitative estimate of drug-likeness (QED) is 0.552. The zero-order chi connectivity index (χ0) is 16.4. The van der Waals surface area contributed by atoms with Crippen molar-refractivity contribution in [2.45, 2.75) is 6.10 Å². The Morgan fingerprint density at radius 1 is 1.35 bits per heavy atom. The summed E-state index contributed by atoms with van der Waals surface area (Å²) in [6.45, 7) is -0.0137.